The van der Waals surface area contributed by atoms with Crippen LogP contribution in [0.15, 0.2) is 0 Å². The van der Waals surface area contributed by atoms with Crippen molar-refractivity contribution in [2.45, 2.75) is 18.5 Å². The zero-order chi connectivity index (χ0) is 6.85. The van der Waals surface area contributed by atoms with Gasteiger partial charge in [-0.1, -0.05) is 0 Å². The number of carboxylic acid groups (broad SMARTS) is 1. The van der Waals surface area contributed by atoms with Gasteiger partial charge in [-0.3, -0.25) is 4.79 Å². The summed E-state index contributed by atoms with van der Waals surface area (Å²) < 4.78 is 0. The van der Waals surface area contributed by atoms with Crippen LogP contribution in [0.25, 0.3) is 0 Å². The molecule has 0 aromatic carbocycles. The van der Waals surface area contributed by atoms with Gasteiger partial charge >= 0.3 is 5.97 Å². The molecule has 0 aliphatic carbocycles. The Bertz CT molecular complexity index is 131. The molecular formula is C5H11ClN2O2. The van der Waals surface area contributed by atoms with E-state index in [1.807, 2.05) is 0 Å². The molecule has 1 fully saturated rings. The van der Waals surface area contributed by atoms with E-state index in [-0.39, 0.29) is 18.4 Å². The molecular weight excluding hydrogens is 156 g/mol. The lowest BCUT2D eigenvalue weighted by atomic mass is 10.1. The van der Waals surface area contributed by atoms with Gasteiger partial charge in [0, 0.05) is 6.04 Å². The van der Waals surface area contributed by atoms with Gasteiger partial charge in [0.1, 0.15) is 6.04 Å². The van der Waals surface area contributed by atoms with Gasteiger partial charge < -0.3 is 16.2 Å². The molecule has 1 aliphatic heterocycles. The van der Waals surface area contributed by atoms with Crippen molar-refractivity contribution in [3.05, 3.63) is 0 Å². The van der Waals surface area contributed by atoms with Crippen LogP contribution in [0.1, 0.15) is 6.42 Å². The monoisotopic (exact) mass is 166 g/mol. The second-order valence-electron chi connectivity index (χ2n) is 2.22. The van der Waals surface area contributed by atoms with E-state index in [0.29, 0.717) is 0 Å². The van der Waals surface area contributed by atoms with E-state index < -0.39 is 12.0 Å². The van der Waals surface area contributed by atoms with E-state index in [0.717, 1.165) is 13.0 Å². The van der Waals surface area contributed by atoms with Crippen LogP contribution in [-0.4, -0.2) is 29.7 Å². The van der Waals surface area contributed by atoms with Gasteiger partial charge in [0.05, 0.1) is 0 Å². The van der Waals surface area contributed by atoms with E-state index in [1.165, 1.54) is 0 Å². The fourth-order valence-corrected chi connectivity index (χ4v) is 0.994. The molecule has 0 saturated carbocycles. The average Bonchev–Trinajstić information content (AvgIpc) is 2.13. The molecule has 1 heterocycles. The first kappa shape index (κ1) is 9.68. The maximum Gasteiger partial charge on any atom is 0.322 e. The number of nitrogens with two attached hydrogens (primary N) is 1. The van der Waals surface area contributed by atoms with Gasteiger partial charge in [0.2, 0.25) is 0 Å². The summed E-state index contributed by atoms with van der Waals surface area (Å²) in [6.45, 7) is 0.720. The normalized spacial score (nSPS) is 31.3. The molecule has 0 aromatic heterocycles. The van der Waals surface area contributed by atoms with Crippen LogP contribution in [0.3, 0.4) is 0 Å². The number of carboxylic acids is 1. The second kappa shape index (κ2) is 3.75. The summed E-state index contributed by atoms with van der Waals surface area (Å²) in [7, 11) is 0. The van der Waals surface area contributed by atoms with Crippen LogP contribution >= 0.6 is 12.4 Å². The predicted molar refractivity (Wildman–Crippen MR) is 39.3 cm³/mol. The maximum absolute atomic E-state index is 10.3. The molecule has 60 valence electrons. The van der Waals surface area contributed by atoms with Crippen LogP contribution in [0, 0.1) is 0 Å². The highest BCUT2D eigenvalue weighted by molar-refractivity contribution is 5.85. The molecule has 4 nitrogen and oxygen atoms in total. The van der Waals surface area contributed by atoms with E-state index in [1.54, 1.807) is 0 Å². The Morgan fingerprint density at radius 2 is 2.30 bits per heavy atom. The molecule has 0 radical (unpaired) electrons. The third-order valence-electron chi connectivity index (χ3n) is 1.54. The molecule has 2 unspecified atom stereocenters. The molecule has 2 atom stereocenters. The SMILES string of the molecule is Cl.NC1CCNC1C(=O)O. The van der Waals surface area contributed by atoms with Gasteiger partial charge in [-0.25, -0.2) is 0 Å². The van der Waals surface area contributed by atoms with Crippen LogP contribution in [0.2, 0.25) is 0 Å². The number of halogens is 1. The van der Waals surface area contributed by atoms with E-state index in [9.17, 15) is 4.79 Å². The Morgan fingerprint density at radius 3 is 2.50 bits per heavy atom. The highest BCUT2D eigenvalue weighted by atomic mass is 35.5. The Kier molecular flexibility index (Phi) is 3.63. The summed E-state index contributed by atoms with van der Waals surface area (Å²) in [5.41, 5.74) is 5.44. The highest BCUT2D eigenvalue weighted by Crippen LogP contribution is 2.02. The van der Waals surface area contributed by atoms with Crippen molar-refractivity contribution in [2.75, 3.05) is 6.54 Å². The van der Waals surface area contributed by atoms with Crippen molar-refractivity contribution in [2.24, 2.45) is 5.73 Å². The largest absolute Gasteiger partial charge is 0.480 e. The maximum atomic E-state index is 10.3. The first-order valence-corrected chi connectivity index (χ1v) is 2.93. The first-order valence-electron chi connectivity index (χ1n) is 2.93. The number of hydrogen-bond donors (Lipinski definition) is 3. The predicted octanol–water partition coefficient (Wildman–Crippen LogP) is -0.818. The third-order valence-corrected chi connectivity index (χ3v) is 1.54. The molecule has 1 aliphatic rings. The number of rotatable bonds is 1. The minimum absolute atomic E-state index is 0. The van der Waals surface area contributed by atoms with Gasteiger partial charge in [0.15, 0.2) is 0 Å². The smallest absolute Gasteiger partial charge is 0.322 e. The quantitative estimate of drug-likeness (QED) is 0.476. The van der Waals surface area contributed by atoms with Crippen molar-refractivity contribution in [3.63, 3.8) is 0 Å². The number of hydrogen-bond acceptors (Lipinski definition) is 3. The Balaban J connectivity index is 0.000000810. The molecule has 0 spiro atoms. The summed E-state index contributed by atoms with van der Waals surface area (Å²) >= 11 is 0. The Morgan fingerprint density at radius 1 is 1.70 bits per heavy atom. The van der Waals surface area contributed by atoms with Crippen LogP contribution in [-0.2, 0) is 4.79 Å². The van der Waals surface area contributed by atoms with Crippen molar-refractivity contribution in [1.29, 1.82) is 0 Å². The van der Waals surface area contributed by atoms with E-state index in [2.05, 4.69) is 5.32 Å². The topological polar surface area (TPSA) is 75.3 Å². The minimum atomic E-state index is -0.847. The number of nitrogens with one attached hydrogen (secondary N) is 1. The standard InChI is InChI=1S/C5H10N2O2.ClH/c6-3-1-2-7-4(3)5(8)9;/h3-4,7H,1-2,6H2,(H,8,9);1H. The molecule has 0 aromatic rings. The highest BCUT2D eigenvalue weighted by Gasteiger charge is 2.28. The van der Waals surface area contributed by atoms with E-state index >= 15 is 0 Å². The summed E-state index contributed by atoms with van der Waals surface area (Å²) in [4.78, 5) is 10.3. The lowest BCUT2D eigenvalue weighted by Crippen LogP contribution is -2.42. The summed E-state index contributed by atoms with van der Waals surface area (Å²) in [5.74, 6) is -0.847. The van der Waals surface area contributed by atoms with Crippen molar-refractivity contribution >= 4 is 18.4 Å². The van der Waals surface area contributed by atoms with Gasteiger partial charge in [-0.05, 0) is 13.0 Å². The molecule has 5 heteroatoms. The Labute approximate surface area is 65.2 Å². The van der Waals surface area contributed by atoms with Crippen LogP contribution in [0.4, 0.5) is 0 Å². The first-order chi connectivity index (χ1) is 4.22. The molecule has 10 heavy (non-hydrogen) atoms. The molecule has 1 rings (SSSR count). The average molecular weight is 167 g/mol. The molecule has 1 saturated heterocycles. The lowest BCUT2D eigenvalue weighted by Gasteiger charge is -2.08. The summed E-state index contributed by atoms with van der Waals surface area (Å²) in [6, 6.07) is -0.729. The molecule has 4 N–H and O–H groups in total. The minimum Gasteiger partial charge on any atom is -0.480 e. The van der Waals surface area contributed by atoms with Crippen molar-refractivity contribution in [1.82, 2.24) is 5.32 Å². The molecule has 0 amide bonds. The number of carbonyl (C=O) groups is 1. The van der Waals surface area contributed by atoms with Gasteiger partial charge in [0.25, 0.3) is 0 Å². The van der Waals surface area contributed by atoms with E-state index in [4.69, 9.17) is 10.8 Å². The fourth-order valence-electron chi connectivity index (χ4n) is 0.994. The van der Waals surface area contributed by atoms with Crippen LogP contribution in [0.5, 0.6) is 0 Å². The molecule has 0 bridgehead atoms. The number of aliphatic carboxylic acids is 1. The third kappa shape index (κ3) is 1.83. The fraction of sp³-hybridized carbons (Fsp3) is 0.800. The lowest BCUT2D eigenvalue weighted by molar-refractivity contribution is -0.139. The van der Waals surface area contributed by atoms with Gasteiger partial charge in [-0.15, -0.1) is 12.4 Å². The van der Waals surface area contributed by atoms with Crippen molar-refractivity contribution < 1.29 is 9.90 Å². The Hall–Kier alpha value is -0.320. The van der Waals surface area contributed by atoms with Crippen LogP contribution < -0.4 is 11.1 Å². The zero-order valence-electron chi connectivity index (χ0n) is 5.41. The second-order valence-corrected chi connectivity index (χ2v) is 2.22. The zero-order valence-corrected chi connectivity index (χ0v) is 6.23. The summed E-state index contributed by atoms with van der Waals surface area (Å²) in [5, 5.41) is 11.2. The van der Waals surface area contributed by atoms with Crippen molar-refractivity contribution in [3.8, 4) is 0 Å². The summed E-state index contributed by atoms with van der Waals surface area (Å²) in [6.07, 6.45) is 0.761. The van der Waals surface area contributed by atoms with Gasteiger partial charge in [-0.2, -0.15) is 0 Å².